The van der Waals surface area contributed by atoms with Crippen LogP contribution in [-0.4, -0.2) is 11.8 Å². The largest absolute Gasteiger partial charge is 0.322 e. The number of amides is 2. The smallest absolute Gasteiger partial charge is 0.255 e. The average Bonchev–Trinajstić information content (AvgIpc) is 2.64. The van der Waals surface area contributed by atoms with Crippen LogP contribution in [0.25, 0.3) is 0 Å². The van der Waals surface area contributed by atoms with Gasteiger partial charge in [0.1, 0.15) is 0 Å². The molecule has 3 aromatic carbocycles. The Morgan fingerprint density at radius 1 is 0.741 bits per heavy atom. The molecule has 0 radical (unpaired) electrons. The first-order valence-corrected chi connectivity index (χ1v) is 8.86. The van der Waals surface area contributed by atoms with Gasteiger partial charge in [0.25, 0.3) is 11.8 Å². The molecule has 0 bridgehead atoms. The Bertz CT molecular complexity index is 1010. The third-order valence-electron chi connectivity index (χ3n) is 4.03. The Kier molecular flexibility index (Phi) is 5.57. The van der Waals surface area contributed by atoms with Crippen LogP contribution in [-0.2, 0) is 0 Å². The molecule has 0 unspecified atom stereocenters. The van der Waals surface area contributed by atoms with Crippen molar-refractivity contribution in [3.05, 3.63) is 94.0 Å². The molecular formula is C22H19ClN2O2. The molecule has 3 aromatic rings. The summed E-state index contributed by atoms with van der Waals surface area (Å²) in [7, 11) is 0. The number of hydrogen-bond acceptors (Lipinski definition) is 2. The average molecular weight is 379 g/mol. The topological polar surface area (TPSA) is 58.2 Å². The predicted octanol–water partition coefficient (Wildman–Crippen LogP) is 5.46. The lowest BCUT2D eigenvalue weighted by molar-refractivity contribution is 0.101. The number of rotatable bonds is 4. The maximum Gasteiger partial charge on any atom is 0.255 e. The minimum atomic E-state index is -0.261. The zero-order valence-corrected chi connectivity index (χ0v) is 15.8. The molecular weight excluding hydrogens is 360 g/mol. The van der Waals surface area contributed by atoms with Crippen molar-refractivity contribution in [1.82, 2.24) is 0 Å². The van der Waals surface area contributed by atoms with Crippen molar-refractivity contribution < 1.29 is 9.59 Å². The van der Waals surface area contributed by atoms with Crippen molar-refractivity contribution in [3.8, 4) is 0 Å². The number of aryl methyl sites for hydroxylation is 2. The number of carbonyl (C=O) groups is 2. The van der Waals surface area contributed by atoms with Crippen LogP contribution in [0.4, 0.5) is 11.4 Å². The van der Waals surface area contributed by atoms with Gasteiger partial charge in [0, 0.05) is 16.8 Å². The lowest BCUT2D eigenvalue weighted by Crippen LogP contribution is -2.14. The van der Waals surface area contributed by atoms with Gasteiger partial charge in [0.05, 0.1) is 10.7 Å². The summed E-state index contributed by atoms with van der Waals surface area (Å²) in [5, 5.41) is 6.01. The van der Waals surface area contributed by atoms with Gasteiger partial charge in [-0.2, -0.15) is 0 Å². The zero-order valence-electron chi connectivity index (χ0n) is 15.0. The highest BCUT2D eigenvalue weighted by Crippen LogP contribution is 2.26. The minimum absolute atomic E-state index is 0.225. The molecule has 0 spiro atoms. The first kappa shape index (κ1) is 18.7. The van der Waals surface area contributed by atoms with E-state index in [4.69, 9.17) is 11.6 Å². The fourth-order valence-corrected chi connectivity index (χ4v) is 2.83. The Morgan fingerprint density at radius 3 is 1.85 bits per heavy atom. The second-order valence-corrected chi connectivity index (χ2v) is 6.75. The van der Waals surface area contributed by atoms with Crippen molar-refractivity contribution in [2.45, 2.75) is 13.8 Å². The van der Waals surface area contributed by atoms with Crippen LogP contribution in [0.1, 0.15) is 31.8 Å². The van der Waals surface area contributed by atoms with E-state index in [1.54, 1.807) is 36.4 Å². The third-order valence-corrected chi connectivity index (χ3v) is 4.36. The molecule has 4 nitrogen and oxygen atoms in total. The van der Waals surface area contributed by atoms with Crippen LogP contribution in [0.2, 0.25) is 5.02 Å². The lowest BCUT2D eigenvalue weighted by atomic mass is 10.1. The number of benzene rings is 3. The van der Waals surface area contributed by atoms with Crippen LogP contribution in [0, 0.1) is 13.8 Å². The molecule has 2 amide bonds. The number of carbonyl (C=O) groups excluding carboxylic acids is 2. The van der Waals surface area contributed by atoms with E-state index in [0.717, 1.165) is 11.1 Å². The summed E-state index contributed by atoms with van der Waals surface area (Å²) in [6.07, 6.45) is 0. The molecule has 3 rings (SSSR count). The lowest BCUT2D eigenvalue weighted by Gasteiger charge is -2.11. The first-order chi connectivity index (χ1) is 12.9. The fraction of sp³-hybridized carbons (Fsp3) is 0.0909. The van der Waals surface area contributed by atoms with Crippen LogP contribution in [0.3, 0.4) is 0 Å². The standard InChI is InChI=1S/C22H19ClN2O2/c1-14-5-3-7-16(11-14)21(26)24-18-9-10-19(23)20(13-18)25-22(27)17-8-4-6-15(2)12-17/h3-13H,1-2H3,(H,24,26)(H,25,27). The Hall–Kier alpha value is -3.11. The summed E-state index contributed by atoms with van der Waals surface area (Å²) < 4.78 is 0. The van der Waals surface area contributed by atoms with Crippen molar-refractivity contribution in [2.75, 3.05) is 10.6 Å². The maximum atomic E-state index is 12.5. The van der Waals surface area contributed by atoms with Gasteiger partial charge >= 0.3 is 0 Å². The third kappa shape index (κ3) is 4.74. The highest BCUT2D eigenvalue weighted by molar-refractivity contribution is 6.34. The van der Waals surface area contributed by atoms with Crippen LogP contribution >= 0.6 is 11.6 Å². The monoisotopic (exact) mass is 378 g/mol. The van der Waals surface area contributed by atoms with E-state index in [1.807, 2.05) is 44.2 Å². The SMILES string of the molecule is Cc1cccc(C(=O)Nc2ccc(Cl)c(NC(=O)c3cccc(C)c3)c2)c1. The highest BCUT2D eigenvalue weighted by Gasteiger charge is 2.11. The van der Waals surface area contributed by atoms with Gasteiger partial charge in [0.2, 0.25) is 0 Å². The van der Waals surface area contributed by atoms with E-state index in [-0.39, 0.29) is 11.8 Å². The van der Waals surface area contributed by atoms with Crippen LogP contribution in [0.15, 0.2) is 66.7 Å². The molecule has 136 valence electrons. The van der Waals surface area contributed by atoms with Gasteiger partial charge in [-0.15, -0.1) is 0 Å². The Balaban J connectivity index is 1.78. The summed E-state index contributed by atoms with van der Waals surface area (Å²) in [5.41, 5.74) is 4.09. The summed E-state index contributed by atoms with van der Waals surface area (Å²) in [6.45, 7) is 3.85. The highest BCUT2D eigenvalue weighted by atomic mass is 35.5. The number of anilines is 2. The van der Waals surface area contributed by atoms with E-state index >= 15 is 0 Å². The van der Waals surface area contributed by atoms with Crippen molar-refractivity contribution in [3.63, 3.8) is 0 Å². The quantitative estimate of drug-likeness (QED) is 0.633. The number of halogens is 1. The molecule has 27 heavy (non-hydrogen) atoms. The molecule has 0 saturated heterocycles. The summed E-state index contributed by atoms with van der Waals surface area (Å²) in [5.74, 6) is -0.486. The number of nitrogens with one attached hydrogen (secondary N) is 2. The van der Waals surface area contributed by atoms with E-state index in [0.29, 0.717) is 27.5 Å². The maximum absolute atomic E-state index is 12.5. The van der Waals surface area contributed by atoms with Gasteiger partial charge in [-0.1, -0.05) is 47.0 Å². The molecule has 0 heterocycles. The van der Waals surface area contributed by atoms with Crippen molar-refractivity contribution in [2.24, 2.45) is 0 Å². The van der Waals surface area contributed by atoms with Crippen LogP contribution in [0.5, 0.6) is 0 Å². The van der Waals surface area contributed by atoms with E-state index in [9.17, 15) is 9.59 Å². The second kappa shape index (κ2) is 8.06. The second-order valence-electron chi connectivity index (χ2n) is 6.34. The van der Waals surface area contributed by atoms with Crippen LogP contribution < -0.4 is 10.6 Å². The van der Waals surface area contributed by atoms with E-state index in [1.165, 1.54) is 0 Å². The Morgan fingerprint density at radius 2 is 1.30 bits per heavy atom. The van der Waals surface area contributed by atoms with Gasteiger partial charge in [0.15, 0.2) is 0 Å². The van der Waals surface area contributed by atoms with E-state index in [2.05, 4.69) is 10.6 Å². The molecule has 0 atom stereocenters. The molecule has 0 saturated carbocycles. The minimum Gasteiger partial charge on any atom is -0.322 e. The molecule has 5 heteroatoms. The predicted molar refractivity (Wildman–Crippen MR) is 110 cm³/mol. The fourth-order valence-electron chi connectivity index (χ4n) is 2.67. The number of hydrogen-bond donors (Lipinski definition) is 2. The summed E-state index contributed by atoms with van der Waals surface area (Å²) >= 11 is 6.21. The van der Waals surface area contributed by atoms with Crippen molar-refractivity contribution >= 4 is 34.8 Å². The van der Waals surface area contributed by atoms with E-state index < -0.39 is 0 Å². The molecule has 0 aromatic heterocycles. The van der Waals surface area contributed by atoms with Gasteiger partial charge < -0.3 is 10.6 Å². The molecule has 0 aliphatic rings. The zero-order chi connectivity index (χ0) is 19.4. The molecule has 0 aliphatic heterocycles. The van der Waals surface area contributed by atoms with Gasteiger partial charge in [-0.3, -0.25) is 9.59 Å². The summed E-state index contributed by atoms with van der Waals surface area (Å²) in [4.78, 5) is 24.9. The van der Waals surface area contributed by atoms with Gasteiger partial charge in [-0.25, -0.2) is 0 Å². The molecule has 2 N–H and O–H groups in total. The van der Waals surface area contributed by atoms with Crippen molar-refractivity contribution in [1.29, 1.82) is 0 Å². The molecule has 0 fully saturated rings. The normalized spacial score (nSPS) is 10.3. The summed E-state index contributed by atoms with van der Waals surface area (Å²) in [6, 6.07) is 19.6. The first-order valence-electron chi connectivity index (χ1n) is 8.48. The van der Waals surface area contributed by atoms with Gasteiger partial charge in [-0.05, 0) is 56.3 Å². The Labute approximate surface area is 163 Å². The molecule has 0 aliphatic carbocycles.